The Hall–Kier alpha value is -1.53. The van der Waals surface area contributed by atoms with Crippen LogP contribution >= 0.6 is 0 Å². The zero-order valence-electron chi connectivity index (χ0n) is 13.8. The van der Waals surface area contributed by atoms with Crippen molar-refractivity contribution in [1.29, 1.82) is 0 Å². The van der Waals surface area contributed by atoms with E-state index in [1.165, 1.54) is 12.8 Å². The standard InChI is InChI=1S/C16H28N4O2/c1-4-17-15(18-11-13-7-5-9-20(13)3)19-12-16(2,21)14-8-6-10-22-14/h6,8,10,13,21H,4-5,7,9,11-12H2,1-3H3,(H2,17,18,19). The number of aliphatic hydroxyl groups is 1. The van der Waals surface area contributed by atoms with Gasteiger partial charge in [0.1, 0.15) is 11.4 Å². The van der Waals surface area contributed by atoms with Crippen LogP contribution in [0.2, 0.25) is 0 Å². The van der Waals surface area contributed by atoms with Crippen LogP contribution in [0.5, 0.6) is 0 Å². The molecule has 1 aromatic heterocycles. The summed E-state index contributed by atoms with van der Waals surface area (Å²) in [5.74, 6) is 1.26. The molecule has 1 aliphatic rings. The molecule has 0 aromatic carbocycles. The van der Waals surface area contributed by atoms with Gasteiger partial charge in [0.15, 0.2) is 5.96 Å². The number of likely N-dealkylation sites (N-methyl/N-ethyl adjacent to an activating group) is 1. The van der Waals surface area contributed by atoms with E-state index in [0.29, 0.717) is 11.8 Å². The molecular formula is C16H28N4O2. The fraction of sp³-hybridized carbons (Fsp3) is 0.688. The van der Waals surface area contributed by atoms with Crippen molar-refractivity contribution < 1.29 is 9.52 Å². The Bertz CT molecular complexity index is 471. The average Bonchev–Trinajstić information content (AvgIpc) is 3.14. The Kier molecular flexibility index (Phi) is 5.85. The molecule has 0 aliphatic carbocycles. The number of guanidine groups is 1. The van der Waals surface area contributed by atoms with Gasteiger partial charge in [-0.2, -0.15) is 0 Å². The van der Waals surface area contributed by atoms with Gasteiger partial charge in [-0.3, -0.25) is 0 Å². The van der Waals surface area contributed by atoms with E-state index < -0.39 is 5.60 Å². The molecule has 2 heterocycles. The van der Waals surface area contributed by atoms with Crippen molar-refractivity contribution in [3.8, 4) is 0 Å². The summed E-state index contributed by atoms with van der Waals surface area (Å²) in [6, 6.07) is 4.09. The van der Waals surface area contributed by atoms with Crippen LogP contribution in [0.25, 0.3) is 0 Å². The predicted octanol–water partition coefficient (Wildman–Crippen LogP) is 1.14. The van der Waals surface area contributed by atoms with E-state index in [4.69, 9.17) is 4.42 Å². The van der Waals surface area contributed by atoms with Crippen LogP contribution in [0.15, 0.2) is 27.8 Å². The number of rotatable bonds is 6. The van der Waals surface area contributed by atoms with Gasteiger partial charge in [0.05, 0.1) is 12.8 Å². The zero-order valence-corrected chi connectivity index (χ0v) is 13.8. The third-order valence-corrected chi connectivity index (χ3v) is 4.12. The molecule has 1 fully saturated rings. The zero-order chi connectivity index (χ0) is 16.0. The Labute approximate surface area is 132 Å². The van der Waals surface area contributed by atoms with Crippen LogP contribution in [-0.2, 0) is 5.60 Å². The van der Waals surface area contributed by atoms with Crippen molar-refractivity contribution >= 4 is 5.96 Å². The molecule has 2 atom stereocenters. The molecule has 1 saturated heterocycles. The lowest BCUT2D eigenvalue weighted by atomic mass is 10.0. The van der Waals surface area contributed by atoms with E-state index >= 15 is 0 Å². The van der Waals surface area contributed by atoms with Crippen molar-refractivity contribution in [1.82, 2.24) is 15.5 Å². The number of nitrogens with zero attached hydrogens (tertiary/aromatic N) is 2. The summed E-state index contributed by atoms with van der Waals surface area (Å²) in [7, 11) is 2.16. The highest BCUT2D eigenvalue weighted by Gasteiger charge is 2.26. The third kappa shape index (κ3) is 4.48. The second kappa shape index (κ2) is 7.65. The first-order valence-electron chi connectivity index (χ1n) is 8.01. The van der Waals surface area contributed by atoms with Crippen LogP contribution in [0.1, 0.15) is 32.4 Å². The summed E-state index contributed by atoms with van der Waals surface area (Å²) in [5.41, 5.74) is -1.10. The van der Waals surface area contributed by atoms with Crippen molar-refractivity contribution in [2.45, 2.75) is 38.3 Å². The summed E-state index contributed by atoms with van der Waals surface area (Å²) >= 11 is 0. The molecule has 0 amide bonds. The second-order valence-corrected chi connectivity index (χ2v) is 6.10. The maximum Gasteiger partial charge on any atom is 0.191 e. The van der Waals surface area contributed by atoms with Gasteiger partial charge >= 0.3 is 0 Å². The SMILES string of the molecule is CCNC(=NCC(C)(O)c1ccco1)NCC1CCCN1C. The fourth-order valence-electron chi connectivity index (χ4n) is 2.69. The first kappa shape index (κ1) is 16.8. The predicted molar refractivity (Wildman–Crippen MR) is 87.9 cm³/mol. The number of likely N-dealkylation sites (tertiary alicyclic amines) is 1. The van der Waals surface area contributed by atoms with Gasteiger partial charge in [-0.15, -0.1) is 0 Å². The molecule has 1 aromatic rings. The molecule has 0 radical (unpaired) electrons. The van der Waals surface area contributed by atoms with Gasteiger partial charge in [0.2, 0.25) is 0 Å². The van der Waals surface area contributed by atoms with Crippen molar-refractivity contribution in [2.24, 2.45) is 4.99 Å². The molecule has 3 N–H and O–H groups in total. The maximum absolute atomic E-state index is 10.4. The highest BCUT2D eigenvalue weighted by Crippen LogP contribution is 2.21. The van der Waals surface area contributed by atoms with E-state index in [-0.39, 0.29) is 6.54 Å². The van der Waals surface area contributed by atoms with Crippen molar-refractivity contribution in [3.63, 3.8) is 0 Å². The number of aliphatic imine (C=N–C) groups is 1. The molecule has 6 heteroatoms. The molecule has 2 unspecified atom stereocenters. The van der Waals surface area contributed by atoms with Crippen LogP contribution < -0.4 is 10.6 Å². The third-order valence-electron chi connectivity index (χ3n) is 4.12. The van der Waals surface area contributed by atoms with E-state index in [0.717, 1.165) is 25.6 Å². The largest absolute Gasteiger partial charge is 0.466 e. The lowest BCUT2D eigenvalue weighted by Gasteiger charge is -2.22. The summed E-state index contributed by atoms with van der Waals surface area (Å²) in [6.07, 6.45) is 4.03. The molecular weight excluding hydrogens is 280 g/mol. The van der Waals surface area contributed by atoms with Gasteiger partial charge in [-0.25, -0.2) is 4.99 Å². The molecule has 22 heavy (non-hydrogen) atoms. The highest BCUT2D eigenvalue weighted by atomic mass is 16.4. The Morgan fingerprint density at radius 1 is 1.55 bits per heavy atom. The van der Waals surface area contributed by atoms with Gasteiger partial charge in [0, 0.05) is 19.1 Å². The molecule has 0 saturated carbocycles. The summed E-state index contributed by atoms with van der Waals surface area (Å²) in [5, 5.41) is 17.0. The minimum absolute atomic E-state index is 0.246. The maximum atomic E-state index is 10.4. The first-order chi connectivity index (χ1) is 10.5. The van der Waals surface area contributed by atoms with Gasteiger partial charge < -0.3 is 25.1 Å². The number of hydrogen-bond acceptors (Lipinski definition) is 4. The topological polar surface area (TPSA) is 73.0 Å². The number of nitrogens with one attached hydrogen (secondary N) is 2. The molecule has 1 aliphatic heterocycles. The first-order valence-corrected chi connectivity index (χ1v) is 8.01. The van der Waals surface area contributed by atoms with E-state index in [2.05, 4.69) is 27.6 Å². The van der Waals surface area contributed by atoms with Crippen molar-refractivity contribution in [2.75, 3.05) is 33.2 Å². The summed E-state index contributed by atoms with van der Waals surface area (Å²) < 4.78 is 5.28. The van der Waals surface area contributed by atoms with Gasteiger partial charge in [-0.1, -0.05) is 0 Å². The minimum Gasteiger partial charge on any atom is -0.466 e. The Balaban J connectivity index is 1.91. The fourth-order valence-corrected chi connectivity index (χ4v) is 2.69. The van der Waals surface area contributed by atoms with Crippen LogP contribution in [-0.4, -0.2) is 55.2 Å². The molecule has 124 valence electrons. The number of hydrogen-bond donors (Lipinski definition) is 3. The summed E-state index contributed by atoms with van der Waals surface area (Å²) in [4.78, 5) is 6.86. The van der Waals surface area contributed by atoms with Crippen LogP contribution in [0.4, 0.5) is 0 Å². The monoisotopic (exact) mass is 308 g/mol. The lowest BCUT2D eigenvalue weighted by Crippen LogP contribution is -2.44. The molecule has 0 bridgehead atoms. The Morgan fingerprint density at radius 3 is 2.95 bits per heavy atom. The summed E-state index contributed by atoms with van der Waals surface area (Å²) in [6.45, 7) is 6.80. The van der Waals surface area contributed by atoms with Crippen LogP contribution in [0, 0.1) is 0 Å². The van der Waals surface area contributed by atoms with Crippen molar-refractivity contribution in [3.05, 3.63) is 24.2 Å². The Morgan fingerprint density at radius 2 is 2.36 bits per heavy atom. The average molecular weight is 308 g/mol. The normalized spacial score (nSPS) is 22.5. The molecule has 2 rings (SSSR count). The molecule has 0 spiro atoms. The molecule has 6 nitrogen and oxygen atoms in total. The van der Waals surface area contributed by atoms with E-state index in [1.54, 1.807) is 25.3 Å². The number of furan rings is 1. The van der Waals surface area contributed by atoms with Crippen LogP contribution in [0.3, 0.4) is 0 Å². The highest BCUT2D eigenvalue weighted by molar-refractivity contribution is 5.79. The van der Waals surface area contributed by atoms with Gasteiger partial charge in [-0.05, 0) is 52.4 Å². The smallest absolute Gasteiger partial charge is 0.191 e. The second-order valence-electron chi connectivity index (χ2n) is 6.10. The quantitative estimate of drug-likeness (QED) is 0.543. The van der Waals surface area contributed by atoms with E-state index in [1.807, 2.05) is 6.92 Å². The minimum atomic E-state index is -1.10. The lowest BCUT2D eigenvalue weighted by molar-refractivity contribution is 0.0437. The van der Waals surface area contributed by atoms with Gasteiger partial charge in [0.25, 0.3) is 0 Å². The van der Waals surface area contributed by atoms with E-state index in [9.17, 15) is 5.11 Å².